The monoisotopic (exact) mass is 363 g/mol. The number of hydrogen-bond acceptors (Lipinski definition) is 4. The lowest BCUT2D eigenvalue weighted by Crippen LogP contribution is -2.55. The van der Waals surface area contributed by atoms with E-state index in [2.05, 4.69) is 5.32 Å². The van der Waals surface area contributed by atoms with Crippen LogP contribution >= 0.6 is 0 Å². The number of amides is 3. The molecular weight excluding hydrogens is 338 g/mol. The molecule has 8 heteroatoms. The molecule has 1 saturated heterocycles. The van der Waals surface area contributed by atoms with Gasteiger partial charge in [-0.15, -0.1) is 0 Å². The van der Waals surface area contributed by atoms with E-state index >= 15 is 0 Å². The summed E-state index contributed by atoms with van der Waals surface area (Å²) in [6.45, 7) is 3.38. The van der Waals surface area contributed by atoms with Crippen molar-refractivity contribution in [1.29, 1.82) is 0 Å². The molecule has 0 aromatic heterocycles. The first-order chi connectivity index (χ1) is 12.5. The van der Waals surface area contributed by atoms with Crippen molar-refractivity contribution in [2.45, 2.75) is 25.8 Å². The summed E-state index contributed by atoms with van der Waals surface area (Å²) in [7, 11) is 1.55. The summed E-state index contributed by atoms with van der Waals surface area (Å²) in [6.07, 6.45) is 1.05. The van der Waals surface area contributed by atoms with Gasteiger partial charge in [0.2, 0.25) is 0 Å². The van der Waals surface area contributed by atoms with Gasteiger partial charge in [-0.2, -0.15) is 0 Å². The third-order valence-electron chi connectivity index (χ3n) is 4.34. The number of carboxylic acids is 1. The highest BCUT2D eigenvalue weighted by Crippen LogP contribution is 2.15. The third-order valence-corrected chi connectivity index (χ3v) is 4.34. The summed E-state index contributed by atoms with van der Waals surface area (Å²) in [5, 5.41) is 11.7. The quantitative estimate of drug-likeness (QED) is 0.796. The largest absolute Gasteiger partial charge is 0.497 e. The van der Waals surface area contributed by atoms with Crippen LogP contribution in [0.1, 0.15) is 30.1 Å². The molecule has 142 valence electrons. The standard InChI is InChI=1S/C18H25N3O5/c1-3-5-15(17(23)24)19-18(25)21-10-8-20(9-11-21)16(22)13-6-4-7-14(12-13)26-2/h4,6-7,12,15H,3,5,8-11H2,1-2H3,(H,19,25)(H,23,24)/t15-/m0/s1. The van der Waals surface area contributed by atoms with Crippen LogP contribution in [0, 0.1) is 0 Å². The number of carbonyl (C=O) groups is 3. The van der Waals surface area contributed by atoms with Crippen LogP contribution in [0.3, 0.4) is 0 Å². The number of benzene rings is 1. The molecule has 2 N–H and O–H groups in total. The zero-order valence-corrected chi connectivity index (χ0v) is 15.1. The predicted molar refractivity (Wildman–Crippen MR) is 95.3 cm³/mol. The summed E-state index contributed by atoms with van der Waals surface area (Å²) < 4.78 is 5.14. The Balaban J connectivity index is 1.90. The zero-order valence-electron chi connectivity index (χ0n) is 15.1. The van der Waals surface area contributed by atoms with E-state index < -0.39 is 18.0 Å². The first-order valence-electron chi connectivity index (χ1n) is 8.67. The highest BCUT2D eigenvalue weighted by atomic mass is 16.5. The van der Waals surface area contributed by atoms with Crippen molar-refractivity contribution in [2.75, 3.05) is 33.3 Å². The molecule has 1 aliphatic heterocycles. The molecule has 0 radical (unpaired) electrons. The van der Waals surface area contributed by atoms with Gasteiger partial charge in [-0.05, 0) is 24.6 Å². The van der Waals surface area contributed by atoms with Gasteiger partial charge in [0.05, 0.1) is 7.11 Å². The van der Waals surface area contributed by atoms with E-state index in [-0.39, 0.29) is 5.91 Å². The number of rotatable bonds is 6. The van der Waals surface area contributed by atoms with Crippen molar-refractivity contribution >= 4 is 17.9 Å². The number of urea groups is 1. The van der Waals surface area contributed by atoms with Gasteiger partial charge < -0.3 is 25.0 Å². The minimum absolute atomic E-state index is 0.113. The normalized spacial score (nSPS) is 15.3. The Labute approximate surface area is 152 Å². The SMILES string of the molecule is CCC[C@H](NC(=O)N1CCN(C(=O)c2cccc(OC)c2)CC1)C(=O)O. The molecule has 0 spiro atoms. The number of aliphatic carboxylic acids is 1. The van der Waals surface area contributed by atoms with E-state index in [9.17, 15) is 14.4 Å². The zero-order chi connectivity index (χ0) is 19.1. The smallest absolute Gasteiger partial charge is 0.326 e. The van der Waals surface area contributed by atoms with E-state index in [0.29, 0.717) is 50.3 Å². The number of methoxy groups -OCH3 is 1. The molecule has 1 aromatic carbocycles. The van der Waals surface area contributed by atoms with E-state index in [0.717, 1.165) is 0 Å². The van der Waals surface area contributed by atoms with Gasteiger partial charge in [-0.1, -0.05) is 19.4 Å². The molecule has 8 nitrogen and oxygen atoms in total. The summed E-state index contributed by atoms with van der Waals surface area (Å²) in [6, 6.07) is 5.66. The minimum atomic E-state index is -1.04. The Morgan fingerprint density at radius 1 is 1.19 bits per heavy atom. The number of ether oxygens (including phenoxy) is 1. The van der Waals surface area contributed by atoms with Crippen molar-refractivity contribution in [2.24, 2.45) is 0 Å². The molecule has 1 aliphatic rings. The maximum atomic E-state index is 12.6. The molecule has 0 unspecified atom stereocenters. The Morgan fingerprint density at radius 3 is 2.42 bits per heavy atom. The Kier molecular flexibility index (Phi) is 6.82. The van der Waals surface area contributed by atoms with Crippen LogP contribution in [-0.4, -0.2) is 72.1 Å². The van der Waals surface area contributed by atoms with Gasteiger partial charge in [0, 0.05) is 31.7 Å². The fourth-order valence-corrected chi connectivity index (χ4v) is 2.84. The summed E-state index contributed by atoms with van der Waals surface area (Å²) in [5.41, 5.74) is 0.538. The number of piperazine rings is 1. The second kappa shape index (κ2) is 9.07. The first kappa shape index (κ1) is 19.6. The number of nitrogens with zero attached hydrogens (tertiary/aromatic N) is 2. The second-order valence-electron chi connectivity index (χ2n) is 6.14. The molecule has 0 saturated carbocycles. The summed E-state index contributed by atoms with van der Waals surface area (Å²) in [4.78, 5) is 39.2. The first-order valence-corrected chi connectivity index (χ1v) is 8.67. The molecule has 1 atom stereocenters. The van der Waals surface area contributed by atoms with E-state index in [4.69, 9.17) is 9.84 Å². The summed E-state index contributed by atoms with van der Waals surface area (Å²) in [5.74, 6) is -0.533. The molecule has 1 heterocycles. The van der Waals surface area contributed by atoms with Crippen molar-refractivity contribution in [3.05, 3.63) is 29.8 Å². The molecule has 1 fully saturated rings. The lowest BCUT2D eigenvalue weighted by molar-refractivity contribution is -0.139. The van der Waals surface area contributed by atoms with Gasteiger partial charge in [-0.25, -0.2) is 9.59 Å². The topological polar surface area (TPSA) is 99.2 Å². The number of carboxylic acid groups (broad SMARTS) is 1. The fraction of sp³-hybridized carbons (Fsp3) is 0.500. The van der Waals surface area contributed by atoms with E-state index in [1.165, 1.54) is 0 Å². The minimum Gasteiger partial charge on any atom is -0.497 e. The molecule has 26 heavy (non-hydrogen) atoms. The van der Waals surface area contributed by atoms with Crippen LogP contribution in [0.5, 0.6) is 5.75 Å². The lowest BCUT2D eigenvalue weighted by Gasteiger charge is -2.35. The van der Waals surface area contributed by atoms with Gasteiger partial charge in [0.25, 0.3) is 5.91 Å². The Hall–Kier alpha value is -2.77. The lowest BCUT2D eigenvalue weighted by atomic mass is 10.1. The number of hydrogen-bond donors (Lipinski definition) is 2. The van der Waals surface area contributed by atoms with E-state index in [1.807, 2.05) is 6.92 Å². The second-order valence-corrected chi connectivity index (χ2v) is 6.14. The van der Waals surface area contributed by atoms with Crippen LogP contribution in [0.25, 0.3) is 0 Å². The highest BCUT2D eigenvalue weighted by Gasteiger charge is 2.27. The maximum Gasteiger partial charge on any atom is 0.326 e. The fourth-order valence-electron chi connectivity index (χ4n) is 2.84. The molecule has 1 aromatic rings. The average Bonchev–Trinajstić information content (AvgIpc) is 2.67. The highest BCUT2D eigenvalue weighted by molar-refractivity contribution is 5.94. The molecule has 3 amide bonds. The van der Waals surface area contributed by atoms with Gasteiger partial charge in [0.15, 0.2) is 0 Å². The Bertz CT molecular complexity index is 656. The van der Waals surface area contributed by atoms with Gasteiger partial charge >= 0.3 is 12.0 Å². The number of nitrogens with one attached hydrogen (secondary N) is 1. The molecular formula is C18H25N3O5. The van der Waals surface area contributed by atoms with Crippen LogP contribution in [0.2, 0.25) is 0 Å². The van der Waals surface area contributed by atoms with Crippen LogP contribution in [0.4, 0.5) is 4.79 Å². The molecule has 2 rings (SSSR count). The third kappa shape index (κ3) is 4.87. The molecule has 0 bridgehead atoms. The van der Waals surface area contributed by atoms with Crippen molar-refractivity contribution in [1.82, 2.24) is 15.1 Å². The van der Waals surface area contributed by atoms with Crippen molar-refractivity contribution in [3.63, 3.8) is 0 Å². The summed E-state index contributed by atoms with van der Waals surface area (Å²) >= 11 is 0. The van der Waals surface area contributed by atoms with E-state index in [1.54, 1.807) is 41.2 Å². The van der Waals surface area contributed by atoms with Crippen molar-refractivity contribution in [3.8, 4) is 5.75 Å². The number of carbonyl (C=O) groups excluding carboxylic acids is 2. The van der Waals surface area contributed by atoms with Gasteiger partial charge in [0.1, 0.15) is 11.8 Å². The Morgan fingerprint density at radius 2 is 1.85 bits per heavy atom. The predicted octanol–water partition coefficient (Wildman–Crippen LogP) is 1.42. The van der Waals surface area contributed by atoms with Crippen LogP contribution < -0.4 is 10.1 Å². The van der Waals surface area contributed by atoms with Crippen LogP contribution in [0.15, 0.2) is 24.3 Å². The van der Waals surface area contributed by atoms with Crippen LogP contribution in [-0.2, 0) is 4.79 Å². The average molecular weight is 363 g/mol. The van der Waals surface area contributed by atoms with Crippen molar-refractivity contribution < 1.29 is 24.2 Å². The molecule has 0 aliphatic carbocycles. The maximum absolute atomic E-state index is 12.6. The van der Waals surface area contributed by atoms with Gasteiger partial charge in [-0.3, -0.25) is 4.79 Å².